The summed E-state index contributed by atoms with van der Waals surface area (Å²) in [6, 6.07) is 3.40. The van der Waals surface area contributed by atoms with Crippen LogP contribution in [-0.2, 0) is 15.1 Å². The zero-order valence-electron chi connectivity index (χ0n) is 14.4. The van der Waals surface area contributed by atoms with Crippen LogP contribution >= 0.6 is 0 Å². The molecule has 1 aliphatic carbocycles. The van der Waals surface area contributed by atoms with Gasteiger partial charge < -0.3 is 34.6 Å². The molecule has 1 saturated heterocycles. The molecule has 9 heteroatoms. The van der Waals surface area contributed by atoms with Crippen molar-refractivity contribution in [3.05, 3.63) is 46.0 Å². The summed E-state index contributed by atoms with van der Waals surface area (Å²) in [4.78, 5) is 25.9. The van der Waals surface area contributed by atoms with E-state index in [0.29, 0.717) is 0 Å². The summed E-state index contributed by atoms with van der Waals surface area (Å²) in [6.07, 6.45) is -2.02. The Kier molecular flexibility index (Phi) is 3.17. The van der Waals surface area contributed by atoms with Crippen molar-refractivity contribution in [2.45, 2.75) is 24.6 Å². The SMILES string of the molecule is COC1CC2(O)c3c(cc4c(c3O)C(=O)c3c(O)ccc(O)c3C4=O)OC2O1. The van der Waals surface area contributed by atoms with Gasteiger partial charge in [-0.2, -0.15) is 0 Å². The van der Waals surface area contributed by atoms with Crippen molar-refractivity contribution in [3.8, 4) is 23.0 Å². The van der Waals surface area contributed by atoms with Crippen LogP contribution < -0.4 is 4.74 Å². The smallest absolute Gasteiger partial charge is 0.235 e. The molecule has 0 saturated carbocycles. The second-order valence-electron chi connectivity index (χ2n) is 6.91. The number of phenols is 3. The second kappa shape index (κ2) is 5.22. The van der Waals surface area contributed by atoms with E-state index in [1.54, 1.807) is 0 Å². The number of hydrogen-bond donors (Lipinski definition) is 4. The summed E-state index contributed by atoms with van der Waals surface area (Å²) in [7, 11) is 1.39. The minimum atomic E-state index is -1.78. The van der Waals surface area contributed by atoms with Gasteiger partial charge in [0.2, 0.25) is 12.1 Å². The van der Waals surface area contributed by atoms with Crippen molar-refractivity contribution >= 4 is 11.6 Å². The number of benzene rings is 2. The Hall–Kier alpha value is -3.14. The third kappa shape index (κ3) is 1.85. The maximum absolute atomic E-state index is 13.0. The van der Waals surface area contributed by atoms with E-state index in [1.807, 2.05) is 0 Å². The minimum Gasteiger partial charge on any atom is -0.507 e. The third-order valence-corrected chi connectivity index (χ3v) is 5.42. The molecule has 0 bridgehead atoms. The number of fused-ring (bicyclic) bond motifs is 5. The summed E-state index contributed by atoms with van der Waals surface area (Å²) in [5.41, 5.74) is -3.21. The number of carbonyl (C=O) groups excluding carboxylic acids is 2. The van der Waals surface area contributed by atoms with E-state index in [4.69, 9.17) is 14.2 Å². The molecule has 3 atom stereocenters. The maximum atomic E-state index is 13.0. The zero-order valence-corrected chi connectivity index (χ0v) is 14.4. The standard InChI is InChI=1S/C19H14O9/c1-26-10-5-19(25)14-9(27-18(19)28-10)4-6-11(17(14)24)16(23)13-8(21)3-2-7(20)12(13)15(6)22/h2-4,10,18,20-21,24-25H,5H2,1H3. The summed E-state index contributed by atoms with van der Waals surface area (Å²) >= 11 is 0. The van der Waals surface area contributed by atoms with Gasteiger partial charge in [0.1, 0.15) is 23.0 Å². The second-order valence-corrected chi connectivity index (χ2v) is 6.91. The molecule has 2 aromatic carbocycles. The number of carbonyl (C=O) groups is 2. The minimum absolute atomic E-state index is 0.0115. The van der Waals surface area contributed by atoms with Crippen LogP contribution in [0.2, 0.25) is 0 Å². The Bertz CT molecular complexity index is 1090. The fourth-order valence-electron chi connectivity index (χ4n) is 4.11. The first kappa shape index (κ1) is 17.0. The quantitative estimate of drug-likeness (QED) is 0.448. The van der Waals surface area contributed by atoms with E-state index < -0.39 is 52.6 Å². The van der Waals surface area contributed by atoms with Crippen LogP contribution in [0.5, 0.6) is 23.0 Å². The first-order chi connectivity index (χ1) is 13.3. The molecule has 2 aliphatic heterocycles. The lowest BCUT2D eigenvalue weighted by molar-refractivity contribution is -0.183. The van der Waals surface area contributed by atoms with Crippen molar-refractivity contribution in [1.29, 1.82) is 0 Å². The van der Waals surface area contributed by atoms with Crippen molar-refractivity contribution in [2.24, 2.45) is 0 Å². The van der Waals surface area contributed by atoms with E-state index in [2.05, 4.69) is 0 Å². The monoisotopic (exact) mass is 386 g/mol. The highest BCUT2D eigenvalue weighted by atomic mass is 16.8. The first-order valence-electron chi connectivity index (χ1n) is 8.40. The summed E-state index contributed by atoms with van der Waals surface area (Å²) in [5.74, 6) is -3.24. The number of ether oxygens (including phenoxy) is 3. The molecule has 3 unspecified atom stereocenters. The third-order valence-electron chi connectivity index (χ3n) is 5.42. The molecule has 4 N–H and O–H groups in total. The molecule has 0 spiro atoms. The van der Waals surface area contributed by atoms with E-state index in [9.17, 15) is 30.0 Å². The van der Waals surface area contributed by atoms with Crippen LogP contribution in [0.4, 0.5) is 0 Å². The predicted molar refractivity (Wildman–Crippen MR) is 89.6 cm³/mol. The van der Waals surface area contributed by atoms with Gasteiger partial charge in [-0.05, 0) is 18.2 Å². The molecule has 9 nitrogen and oxygen atoms in total. The lowest BCUT2D eigenvalue weighted by Crippen LogP contribution is -2.33. The summed E-state index contributed by atoms with van der Waals surface area (Å²) in [5, 5.41) is 42.0. The number of rotatable bonds is 1. The average molecular weight is 386 g/mol. The first-order valence-corrected chi connectivity index (χ1v) is 8.40. The molecule has 0 amide bonds. The van der Waals surface area contributed by atoms with Crippen LogP contribution in [-0.4, -0.2) is 51.7 Å². The predicted octanol–water partition coefficient (Wildman–Crippen LogP) is 0.878. The zero-order chi connectivity index (χ0) is 20.0. The molecule has 144 valence electrons. The fraction of sp³-hybridized carbons (Fsp3) is 0.263. The number of aromatic hydroxyl groups is 3. The molecule has 28 heavy (non-hydrogen) atoms. The van der Waals surface area contributed by atoms with Crippen molar-refractivity contribution in [1.82, 2.24) is 0 Å². The summed E-state index contributed by atoms with van der Waals surface area (Å²) < 4.78 is 16.1. The Balaban J connectivity index is 1.76. The largest absolute Gasteiger partial charge is 0.507 e. The Labute approximate surface area is 157 Å². The number of ketones is 2. The molecule has 1 fully saturated rings. The number of aliphatic hydroxyl groups is 1. The fourth-order valence-corrected chi connectivity index (χ4v) is 4.11. The van der Waals surface area contributed by atoms with E-state index >= 15 is 0 Å². The Morgan fingerprint density at radius 3 is 2.36 bits per heavy atom. The van der Waals surface area contributed by atoms with Gasteiger partial charge in [-0.25, -0.2) is 0 Å². The number of methoxy groups -OCH3 is 1. The number of phenolic OH excluding ortho intramolecular Hbond substituents is 3. The van der Waals surface area contributed by atoms with E-state index in [-0.39, 0.29) is 34.4 Å². The molecule has 5 rings (SSSR count). The lowest BCUT2D eigenvalue weighted by Gasteiger charge is -2.24. The molecule has 2 heterocycles. The van der Waals surface area contributed by atoms with Gasteiger partial charge in [-0.15, -0.1) is 0 Å². The van der Waals surface area contributed by atoms with Gasteiger partial charge in [0, 0.05) is 19.1 Å². The average Bonchev–Trinajstić information content (AvgIpc) is 3.10. The van der Waals surface area contributed by atoms with Crippen LogP contribution in [0.1, 0.15) is 43.8 Å². The normalized spacial score (nSPS) is 27.1. The van der Waals surface area contributed by atoms with Gasteiger partial charge >= 0.3 is 0 Å². The lowest BCUT2D eigenvalue weighted by atomic mass is 9.79. The van der Waals surface area contributed by atoms with E-state index in [1.165, 1.54) is 13.2 Å². The van der Waals surface area contributed by atoms with Gasteiger partial charge in [-0.1, -0.05) is 0 Å². The molecule has 0 radical (unpaired) electrons. The summed E-state index contributed by atoms with van der Waals surface area (Å²) in [6.45, 7) is 0. The van der Waals surface area contributed by atoms with E-state index in [0.717, 1.165) is 12.1 Å². The molecule has 2 aromatic rings. The number of hydrogen-bond acceptors (Lipinski definition) is 9. The molecular weight excluding hydrogens is 372 g/mol. The van der Waals surface area contributed by atoms with Gasteiger partial charge in [0.25, 0.3) is 0 Å². The van der Waals surface area contributed by atoms with Gasteiger partial charge in [-0.3, -0.25) is 9.59 Å². The highest BCUT2D eigenvalue weighted by Crippen LogP contribution is 2.55. The molecular formula is C19H14O9. The molecule has 0 aromatic heterocycles. The van der Waals surface area contributed by atoms with Gasteiger partial charge in [0.05, 0.1) is 22.3 Å². The highest BCUT2D eigenvalue weighted by molar-refractivity contribution is 6.31. The van der Waals surface area contributed by atoms with Crippen LogP contribution in [0.15, 0.2) is 18.2 Å². The van der Waals surface area contributed by atoms with Crippen molar-refractivity contribution in [2.75, 3.05) is 7.11 Å². The maximum Gasteiger partial charge on any atom is 0.235 e. The molecule has 3 aliphatic rings. The Morgan fingerprint density at radius 2 is 1.71 bits per heavy atom. The van der Waals surface area contributed by atoms with Crippen molar-refractivity contribution < 1.29 is 44.2 Å². The van der Waals surface area contributed by atoms with Crippen LogP contribution in [0, 0.1) is 0 Å². The van der Waals surface area contributed by atoms with Crippen molar-refractivity contribution in [3.63, 3.8) is 0 Å². The Morgan fingerprint density at radius 1 is 1.07 bits per heavy atom. The topological polar surface area (TPSA) is 143 Å². The van der Waals surface area contributed by atoms with Crippen LogP contribution in [0.3, 0.4) is 0 Å². The van der Waals surface area contributed by atoms with Crippen LogP contribution in [0.25, 0.3) is 0 Å². The van der Waals surface area contributed by atoms with Gasteiger partial charge in [0.15, 0.2) is 17.7 Å². The highest BCUT2D eigenvalue weighted by Gasteiger charge is 2.59.